The molecule has 0 fully saturated rings. The van der Waals surface area contributed by atoms with Crippen LogP contribution < -0.4 is 5.56 Å². The number of amides is 1. The zero-order valence-corrected chi connectivity index (χ0v) is 19.8. The molecule has 0 radical (unpaired) electrons. The van der Waals surface area contributed by atoms with Crippen molar-refractivity contribution in [3.63, 3.8) is 0 Å². The van der Waals surface area contributed by atoms with Gasteiger partial charge in [-0.25, -0.2) is 9.99 Å². The highest BCUT2D eigenvalue weighted by atomic mass is 32.2. The van der Waals surface area contributed by atoms with Gasteiger partial charge in [-0.2, -0.15) is 5.10 Å². The van der Waals surface area contributed by atoms with Gasteiger partial charge in [0.1, 0.15) is 11.5 Å². The Hall–Kier alpha value is -3.17. The SMILES string of the molecule is CC(C)n1c(SCC(=O)N2N=C(c3ccco3)CC2c2cccs2)nc2ccccc2c1=O. The van der Waals surface area contributed by atoms with Gasteiger partial charge in [0.2, 0.25) is 0 Å². The summed E-state index contributed by atoms with van der Waals surface area (Å²) in [4.78, 5) is 32.1. The van der Waals surface area contributed by atoms with Crippen LogP contribution in [0.5, 0.6) is 0 Å². The number of thiophene rings is 1. The highest BCUT2D eigenvalue weighted by molar-refractivity contribution is 7.99. The van der Waals surface area contributed by atoms with E-state index < -0.39 is 0 Å². The van der Waals surface area contributed by atoms with Crippen LogP contribution in [0.25, 0.3) is 10.9 Å². The number of furan rings is 1. The topological polar surface area (TPSA) is 80.7 Å². The van der Waals surface area contributed by atoms with Crippen molar-refractivity contribution in [2.24, 2.45) is 5.10 Å². The van der Waals surface area contributed by atoms with Gasteiger partial charge in [0.25, 0.3) is 11.5 Å². The first kappa shape index (κ1) is 21.7. The second kappa shape index (κ2) is 8.99. The Balaban J connectivity index is 1.43. The maximum Gasteiger partial charge on any atom is 0.262 e. The lowest BCUT2D eigenvalue weighted by Gasteiger charge is -2.21. The number of benzene rings is 1. The number of fused-ring (bicyclic) bond motifs is 1. The van der Waals surface area contributed by atoms with Crippen LogP contribution in [0.15, 0.2) is 79.6 Å². The standard InChI is InChI=1S/C24H22N4O3S2/c1-15(2)27-23(30)16-7-3-4-8-17(16)25-24(27)33-14-22(29)28-19(21-10-6-12-32-21)13-18(26-28)20-9-5-11-31-20/h3-12,15,19H,13-14H2,1-2H3. The van der Waals surface area contributed by atoms with Crippen LogP contribution in [0.1, 0.15) is 43.0 Å². The Labute approximate surface area is 198 Å². The summed E-state index contributed by atoms with van der Waals surface area (Å²) in [5.41, 5.74) is 1.28. The van der Waals surface area contributed by atoms with Gasteiger partial charge in [-0.1, -0.05) is 30.0 Å². The molecule has 33 heavy (non-hydrogen) atoms. The van der Waals surface area contributed by atoms with Crippen LogP contribution in [0.4, 0.5) is 0 Å². The lowest BCUT2D eigenvalue weighted by atomic mass is 10.1. The summed E-state index contributed by atoms with van der Waals surface area (Å²) in [6, 6.07) is 14.7. The van der Waals surface area contributed by atoms with E-state index in [1.807, 2.05) is 61.7 Å². The summed E-state index contributed by atoms with van der Waals surface area (Å²) in [6.45, 7) is 3.88. The third-order valence-corrected chi connectivity index (χ3v) is 7.37. The van der Waals surface area contributed by atoms with Crippen LogP contribution in [0, 0.1) is 0 Å². The number of carbonyl (C=O) groups excluding carboxylic acids is 1. The largest absolute Gasteiger partial charge is 0.463 e. The highest BCUT2D eigenvalue weighted by Gasteiger charge is 2.34. The number of thioether (sulfide) groups is 1. The molecule has 5 rings (SSSR count). The molecule has 4 heterocycles. The first-order valence-electron chi connectivity index (χ1n) is 10.6. The fourth-order valence-electron chi connectivity index (χ4n) is 3.91. The fourth-order valence-corrected chi connectivity index (χ4v) is 5.70. The molecule has 1 aliphatic rings. The smallest absolute Gasteiger partial charge is 0.262 e. The van der Waals surface area contributed by atoms with Gasteiger partial charge in [-0.3, -0.25) is 14.2 Å². The Morgan fingerprint density at radius 2 is 2.06 bits per heavy atom. The predicted octanol–water partition coefficient (Wildman–Crippen LogP) is 5.10. The molecule has 3 aromatic heterocycles. The van der Waals surface area contributed by atoms with Gasteiger partial charge in [0, 0.05) is 17.3 Å². The van der Waals surface area contributed by atoms with Crippen LogP contribution >= 0.6 is 23.1 Å². The second-order valence-corrected chi connectivity index (χ2v) is 9.89. The molecule has 4 aromatic rings. The van der Waals surface area contributed by atoms with E-state index in [2.05, 4.69) is 10.1 Å². The minimum absolute atomic E-state index is 0.0820. The van der Waals surface area contributed by atoms with Crippen molar-refractivity contribution in [3.05, 3.63) is 81.2 Å². The number of hydrogen-bond acceptors (Lipinski definition) is 7. The van der Waals surface area contributed by atoms with Gasteiger partial charge in [-0.15, -0.1) is 11.3 Å². The molecule has 0 aliphatic carbocycles. The summed E-state index contributed by atoms with van der Waals surface area (Å²) < 4.78 is 7.17. The van der Waals surface area contributed by atoms with E-state index >= 15 is 0 Å². The zero-order valence-electron chi connectivity index (χ0n) is 18.2. The quantitative estimate of drug-likeness (QED) is 0.284. The molecular formula is C24H22N4O3S2. The molecule has 0 N–H and O–H groups in total. The monoisotopic (exact) mass is 478 g/mol. The third-order valence-electron chi connectivity index (χ3n) is 5.46. The summed E-state index contributed by atoms with van der Waals surface area (Å²) >= 11 is 2.87. The number of aromatic nitrogens is 2. The number of hydrazone groups is 1. The normalized spacial score (nSPS) is 16.0. The molecule has 0 saturated carbocycles. The Kier molecular flexibility index (Phi) is 5.90. The molecule has 168 valence electrons. The van der Waals surface area contributed by atoms with Crippen molar-refractivity contribution in [2.75, 3.05) is 5.75 Å². The minimum Gasteiger partial charge on any atom is -0.463 e. The van der Waals surface area contributed by atoms with Gasteiger partial charge < -0.3 is 4.42 Å². The Morgan fingerprint density at radius 3 is 2.79 bits per heavy atom. The van der Waals surface area contributed by atoms with Gasteiger partial charge in [0.05, 0.1) is 29.0 Å². The van der Waals surface area contributed by atoms with Crippen LogP contribution in [-0.4, -0.2) is 31.9 Å². The molecule has 7 nitrogen and oxygen atoms in total. The van der Waals surface area contributed by atoms with Gasteiger partial charge in [-0.05, 0) is 49.6 Å². The average Bonchev–Trinajstić information content (AvgIpc) is 3.58. The van der Waals surface area contributed by atoms with Crippen molar-refractivity contribution in [1.29, 1.82) is 0 Å². The first-order chi connectivity index (χ1) is 16.0. The second-order valence-electron chi connectivity index (χ2n) is 7.97. The van der Waals surface area contributed by atoms with Crippen LogP contribution in [0.3, 0.4) is 0 Å². The average molecular weight is 479 g/mol. The molecule has 1 unspecified atom stereocenters. The highest BCUT2D eigenvalue weighted by Crippen LogP contribution is 2.36. The fraction of sp³-hybridized carbons (Fsp3) is 0.250. The predicted molar refractivity (Wildman–Crippen MR) is 131 cm³/mol. The van der Waals surface area contributed by atoms with E-state index in [1.54, 1.807) is 33.2 Å². The maximum absolute atomic E-state index is 13.3. The van der Waals surface area contributed by atoms with Gasteiger partial charge >= 0.3 is 0 Å². The first-order valence-corrected chi connectivity index (χ1v) is 12.5. The van der Waals surface area contributed by atoms with Crippen LogP contribution in [0.2, 0.25) is 0 Å². The number of nitrogens with zero attached hydrogens (tertiary/aromatic N) is 4. The molecule has 1 atom stereocenters. The maximum atomic E-state index is 13.3. The molecule has 0 bridgehead atoms. The molecule has 1 amide bonds. The van der Waals surface area contributed by atoms with E-state index in [-0.39, 0.29) is 29.3 Å². The van der Waals surface area contributed by atoms with Crippen LogP contribution in [-0.2, 0) is 4.79 Å². The van der Waals surface area contributed by atoms with E-state index in [0.717, 1.165) is 10.6 Å². The van der Waals surface area contributed by atoms with Crippen molar-refractivity contribution in [1.82, 2.24) is 14.6 Å². The van der Waals surface area contributed by atoms with E-state index in [0.29, 0.717) is 28.2 Å². The molecule has 1 aromatic carbocycles. The number of hydrogen-bond donors (Lipinski definition) is 0. The van der Waals surface area contributed by atoms with Crippen molar-refractivity contribution < 1.29 is 9.21 Å². The van der Waals surface area contributed by atoms with E-state index in [1.165, 1.54) is 11.8 Å². The van der Waals surface area contributed by atoms with E-state index in [4.69, 9.17) is 4.42 Å². The molecule has 0 saturated heterocycles. The Morgan fingerprint density at radius 1 is 1.21 bits per heavy atom. The summed E-state index contributed by atoms with van der Waals surface area (Å²) in [6.07, 6.45) is 2.20. The third kappa shape index (κ3) is 4.14. The lowest BCUT2D eigenvalue weighted by molar-refractivity contribution is -0.130. The van der Waals surface area contributed by atoms with Crippen molar-refractivity contribution >= 4 is 45.6 Å². The minimum atomic E-state index is -0.171. The zero-order chi connectivity index (χ0) is 22.9. The lowest BCUT2D eigenvalue weighted by Crippen LogP contribution is -2.29. The molecular weight excluding hydrogens is 456 g/mol. The van der Waals surface area contributed by atoms with E-state index in [9.17, 15) is 9.59 Å². The molecule has 1 aliphatic heterocycles. The molecule has 0 spiro atoms. The number of para-hydroxylation sites is 1. The molecule has 9 heteroatoms. The van der Waals surface area contributed by atoms with Gasteiger partial charge in [0.15, 0.2) is 5.16 Å². The number of carbonyl (C=O) groups is 1. The Bertz CT molecular complexity index is 1370. The summed E-state index contributed by atoms with van der Waals surface area (Å²) in [5, 5.41) is 9.27. The van der Waals surface area contributed by atoms with Crippen molar-refractivity contribution in [2.45, 2.75) is 37.5 Å². The summed E-state index contributed by atoms with van der Waals surface area (Å²) in [7, 11) is 0. The van der Waals surface area contributed by atoms with Crippen molar-refractivity contribution in [3.8, 4) is 0 Å². The summed E-state index contributed by atoms with van der Waals surface area (Å²) in [5.74, 6) is 0.649. The number of rotatable bonds is 6.